The van der Waals surface area contributed by atoms with Gasteiger partial charge in [-0.05, 0) is 55.8 Å². The number of carbonyl (C=O) groups is 1. The highest BCUT2D eigenvalue weighted by Gasteiger charge is 2.32. The second-order valence-corrected chi connectivity index (χ2v) is 9.24. The van der Waals surface area contributed by atoms with E-state index in [1.807, 2.05) is 0 Å². The van der Waals surface area contributed by atoms with Crippen LogP contribution in [0.5, 0.6) is 5.75 Å². The molecule has 1 aliphatic heterocycles. The minimum atomic E-state index is -3.64. The van der Waals surface area contributed by atoms with Crippen molar-refractivity contribution >= 4 is 16.0 Å². The first-order chi connectivity index (χ1) is 14.2. The largest absolute Gasteiger partial charge is 0.476 e. The summed E-state index contributed by atoms with van der Waals surface area (Å²) in [5.74, 6) is -0.708. The number of morpholine rings is 1. The molecule has 30 heavy (non-hydrogen) atoms. The van der Waals surface area contributed by atoms with E-state index in [0.29, 0.717) is 37.6 Å². The maximum atomic E-state index is 13.0. The summed E-state index contributed by atoms with van der Waals surface area (Å²) in [6.45, 7) is 4.30. The third kappa shape index (κ3) is 5.35. The van der Waals surface area contributed by atoms with E-state index in [1.54, 1.807) is 12.1 Å². The van der Waals surface area contributed by atoms with Gasteiger partial charge in [0.1, 0.15) is 18.2 Å². The van der Waals surface area contributed by atoms with Crippen molar-refractivity contribution in [3.63, 3.8) is 0 Å². The maximum Gasteiger partial charge on any atom is 0.350 e. The number of esters is 1. The zero-order chi connectivity index (χ0) is 21.8. The van der Waals surface area contributed by atoms with Crippen molar-refractivity contribution in [2.75, 3.05) is 26.3 Å². The molecule has 1 saturated heterocycles. The van der Waals surface area contributed by atoms with Crippen LogP contribution in [0, 0.1) is 5.82 Å². The van der Waals surface area contributed by atoms with Gasteiger partial charge in [0.25, 0.3) is 0 Å². The normalized spacial score (nSPS) is 15.6. The zero-order valence-corrected chi connectivity index (χ0v) is 17.7. The van der Waals surface area contributed by atoms with E-state index in [9.17, 15) is 17.6 Å². The average Bonchev–Trinajstić information content (AvgIpc) is 2.74. The second-order valence-electron chi connectivity index (χ2n) is 7.31. The molecule has 9 heteroatoms. The smallest absolute Gasteiger partial charge is 0.350 e. The lowest BCUT2D eigenvalue weighted by Crippen LogP contribution is -2.40. The molecule has 2 aromatic carbocycles. The van der Waals surface area contributed by atoms with Crippen molar-refractivity contribution in [3.05, 3.63) is 59.9 Å². The van der Waals surface area contributed by atoms with E-state index in [2.05, 4.69) is 0 Å². The number of rotatable bonds is 7. The maximum absolute atomic E-state index is 13.0. The molecule has 1 aliphatic rings. The average molecular weight is 437 g/mol. The number of hydrogen-bond acceptors (Lipinski definition) is 6. The summed E-state index contributed by atoms with van der Waals surface area (Å²) < 4.78 is 56.1. The van der Waals surface area contributed by atoms with Crippen molar-refractivity contribution in [2.24, 2.45) is 0 Å². The standard InChI is InChI=1S/C21H24FNO6S/c1-21(2,29-18-8-6-17(22)7-9-18)20(24)28-15-16-4-3-5-19(14-16)30(25,26)23-10-12-27-13-11-23/h3-9,14H,10-13,15H2,1-2H3. The van der Waals surface area contributed by atoms with E-state index in [-0.39, 0.29) is 11.5 Å². The third-order valence-corrected chi connectivity index (χ3v) is 6.45. The SMILES string of the molecule is CC(C)(Oc1ccc(F)cc1)C(=O)OCc1cccc(S(=O)(=O)N2CCOCC2)c1. The topological polar surface area (TPSA) is 82.1 Å². The van der Waals surface area contributed by atoms with Crippen molar-refractivity contribution in [1.29, 1.82) is 0 Å². The molecule has 3 rings (SSSR count). The predicted octanol–water partition coefficient (Wildman–Crippen LogP) is 2.75. The van der Waals surface area contributed by atoms with Gasteiger partial charge in [-0.1, -0.05) is 12.1 Å². The molecule has 0 bridgehead atoms. The van der Waals surface area contributed by atoms with Crippen LogP contribution in [0.2, 0.25) is 0 Å². The molecular formula is C21H24FNO6S. The van der Waals surface area contributed by atoms with Gasteiger partial charge >= 0.3 is 5.97 Å². The van der Waals surface area contributed by atoms with E-state index in [4.69, 9.17) is 14.2 Å². The fourth-order valence-electron chi connectivity index (χ4n) is 2.89. The van der Waals surface area contributed by atoms with E-state index in [0.717, 1.165) is 0 Å². The van der Waals surface area contributed by atoms with Crippen LogP contribution in [-0.4, -0.2) is 50.6 Å². The summed E-state index contributed by atoms with van der Waals surface area (Å²) in [4.78, 5) is 12.6. The zero-order valence-electron chi connectivity index (χ0n) is 16.8. The summed E-state index contributed by atoms with van der Waals surface area (Å²) in [7, 11) is -3.64. The van der Waals surface area contributed by atoms with Crippen LogP contribution in [-0.2, 0) is 30.9 Å². The molecule has 0 spiro atoms. The van der Waals surface area contributed by atoms with Gasteiger partial charge in [-0.2, -0.15) is 4.31 Å². The van der Waals surface area contributed by atoms with Crippen LogP contribution in [0.25, 0.3) is 0 Å². The van der Waals surface area contributed by atoms with Gasteiger partial charge in [-0.3, -0.25) is 0 Å². The number of benzene rings is 2. The lowest BCUT2D eigenvalue weighted by Gasteiger charge is -2.26. The summed E-state index contributed by atoms with van der Waals surface area (Å²) in [6.07, 6.45) is 0. The summed E-state index contributed by atoms with van der Waals surface area (Å²) in [6, 6.07) is 11.6. The molecule has 0 saturated carbocycles. The van der Waals surface area contributed by atoms with Gasteiger partial charge < -0.3 is 14.2 Å². The second kappa shape index (κ2) is 9.11. The van der Waals surface area contributed by atoms with Crippen LogP contribution < -0.4 is 4.74 Å². The lowest BCUT2D eigenvalue weighted by molar-refractivity contribution is -0.160. The highest BCUT2D eigenvalue weighted by atomic mass is 32.2. The first kappa shape index (κ1) is 22.2. The Morgan fingerprint density at radius 3 is 2.47 bits per heavy atom. The Bertz CT molecular complexity index is 985. The fourth-order valence-corrected chi connectivity index (χ4v) is 4.37. The summed E-state index contributed by atoms with van der Waals surface area (Å²) in [5, 5.41) is 0. The lowest BCUT2D eigenvalue weighted by atomic mass is 10.1. The van der Waals surface area contributed by atoms with Crippen molar-refractivity contribution in [1.82, 2.24) is 4.31 Å². The van der Waals surface area contributed by atoms with Crippen molar-refractivity contribution < 1.29 is 31.8 Å². The molecule has 162 valence electrons. The minimum absolute atomic E-state index is 0.110. The molecule has 7 nitrogen and oxygen atoms in total. The van der Waals surface area contributed by atoms with Crippen molar-refractivity contribution in [3.8, 4) is 5.75 Å². The molecule has 2 aromatic rings. The first-order valence-corrected chi connectivity index (χ1v) is 10.9. The van der Waals surface area contributed by atoms with Gasteiger partial charge in [0.15, 0.2) is 5.60 Å². The molecule has 0 atom stereocenters. The highest BCUT2D eigenvalue weighted by Crippen LogP contribution is 2.22. The van der Waals surface area contributed by atoms with Gasteiger partial charge in [0, 0.05) is 13.1 Å². The molecule has 0 aromatic heterocycles. The Morgan fingerprint density at radius 2 is 1.80 bits per heavy atom. The Kier molecular flexibility index (Phi) is 6.74. The predicted molar refractivity (Wildman–Crippen MR) is 107 cm³/mol. The molecule has 0 unspecified atom stereocenters. The van der Waals surface area contributed by atoms with E-state index in [1.165, 1.54) is 54.6 Å². The number of carbonyl (C=O) groups excluding carboxylic acids is 1. The molecule has 0 amide bonds. The van der Waals surface area contributed by atoms with E-state index < -0.39 is 27.4 Å². The number of ether oxygens (including phenoxy) is 3. The van der Waals surface area contributed by atoms with Crippen LogP contribution in [0.4, 0.5) is 4.39 Å². The fraction of sp³-hybridized carbons (Fsp3) is 0.381. The Hall–Kier alpha value is -2.49. The number of sulfonamides is 1. The monoisotopic (exact) mass is 437 g/mol. The summed E-state index contributed by atoms with van der Waals surface area (Å²) in [5.41, 5.74) is -0.773. The van der Waals surface area contributed by atoms with E-state index >= 15 is 0 Å². The minimum Gasteiger partial charge on any atom is -0.476 e. The van der Waals surface area contributed by atoms with Gasteiger partial charge in [-0.15, -0.1) is 0 Å². The summed E-state index contributed by atoms with van der Waals surface area (Å²) >= 11 is 0. The quantitative estimate of drug-likeness (QED) is 0.620. The van der Waals surface area contributed by atoms with Gasteiger partial charge in [0.05, 0.1) is 18.1 Å². The molecular weight excluding hydrogens is 413 g/mol. The third-order valence-electron chi connectivity index (χ3n) is 4.55. The van der Waals surface area contributed by atoms with Crippen molar-refractivity contribution in [2.45, 2.75) is 31.0 Å². The molecule has 1 heterocycles. The first-order valence-electron chi connectivity index (χ1n) is 9.47. The number of halogens is 1. The molecule has 0 radical (unpaired) electrons. The van der Waals surface area contributed by atoms with Crippen LogP contribution in [0.15, 0.2) is 53.4 Å². The molecule has 1 fully saturated rings. The van der Waals surface area contributed by atoms with Crippen LogP contribution in [0.1, 0.15) is 19.4 Å². The Labute approximate surface area is 175 Å². The Balaban J connectivity index is 1.64. The van der Waals surface area contributed by atoms with Gasteiger partial charge in [-0.25, -0.2) is 17.6 Å². The molecule has 0 N–H and O–H groups in total. The highest BCUT2D eigenvalue weighted by molar-refractivity contribution is 7.89. The van der Waals surface area contributed by atoms with Gasteiger partial charge in [0.2, 0.25) is 10.0 Å². The van der Waals surface area contributed by atoms with Crippen LogP contribution >= 0.6 is 0 Å². The Morgan fingerprint density at radius 1 is 1.13 bits per heavy atom. The number of hydrogen-bond donors (Lipinski definition) is 0. The van der Waals surface area contributed by atoms with Crippen LogP contribution in [0.3, 0.4) is 0 Å². The number of nitrogens with zero attached hydrogens (tertiary/aromatic N) is 1. The molecule has 0 aliphatic carbocycles.